The van der Waals surface area contributed by atoms with Crippen LogP contribution in [0.15, 0.2) is 40.9 Å². The lowest BCUT2D eigenvalue weighted by Crippen LogP contribution is -2.35. The summed E-state index contributed by atoms with van der Waals surface area (Å²) >= 11 is 0. The average Bonchev–Trinajstić information content (AvgIpc) is 3.56. The number of carbonyl (C=O) groups excluding carboxylic acids is 2. The van der Waals surface area contributed by atoms with E-state index in [0.717, 1.165) is 18.4 Å². The van der Waals surface area contributed by atoms with Gasteiger partial charge in [-0.15, -0.1) is 10.5 Å². The zero-order valence-corrected chi connectivity index (χ0v) is 20.5. The highest BCUT2D eigenvalue weighted by molar-refractivity contribution is 8.29. The predicted molar refractivity (Wildman–Crippen MR) is 137 cm³/mol. The molecule has 0 spiro atoms. The lowest BCUT2D eigenvalue weighted by molar-refractivity contribution is -0.117. The monoisotopic (exact) mass is 465 g/mol. The van der Waals surface area contributed by atoms with Crippen LogP contribution in [0, 0.1) is 0 Å². The summed E-state index contributed by atoms with van der Waals surface area (Å²) in [6.45, 7) is 3.47. The number of aliphatic imine (C=N–C) groups is 1. The summed E-state index contributed by atoms with van der Waals surface area (Å²) in [5.74, 6) is 1.32. The molecule has 2 saturated carbocycles. The highest BCUT2D eigenvalue weighted by Gasteiger charge is 2.46. The molecule has 2 atom stereocenters. The first-order chi connectivity index (χ1) is 16.0. The number of benzene rings is 1. The molecule has 176 valence electrons. The van der Waals surface area contributed by atoms with Gasteiger partial charge in [0.05, 0.1) is 16.6 Å². The summed E-state index contributed by atoms with van der Waals surface area (Å²) < 4.78 is 0. The van der Waals surface area contributed by atoms with Gasteiger partial charge in [0.1, 0.15) is 0 Å². The fourth-order valence-electron chi connectivity index (χ4n) is 5.26. The highest BCUT2D eigenvalue weighted by Crippen LogP contribution is 2.38. The third-order valence-corrected chi connectivity index (χ3v) is 10.1. The molecule has 0 bridgehead atoms. The minimum Gasteiger partial charge on any atom is -0.338 e. The van der Waals surface area contributed by atoms with Crippen molar-refractivity contribution in [1.82, 2.24) is 4.90 Å². The first-order valence-electron chi connectivity index (χ1n) is 12.6. The maximum absolute atomic E-state index is 13.2. The molecule has 5 nitrogen and oxygen atoms in total. The molecule has 1 aromatic rings. The van der Waals surface area contributed by atoms with Crippen LogP contribution in [0.4, 0.5) is 0 Å². The topological polar surface area (TPSA) is 75.8 Å². The molecule has 1 aromatic carbocycles. The lowest BCUT2D eigenvalue weighted by atomic mass is 9.96. The Balaban J connectivity index is 1.27. The first-order valence-corrected chi connectivity index (χ1v) is 14.0. The van der Waals surface area contributed by atoms with E-state index >= 15 is 0 Å². The van der Waals surface area contributed by atoms with Crippen molar-refractivity contribution >= 4 is 32.1 Å². The molecule has 0 aromatic heterocycles. The van der Waals surface area contributed by atoms with Gasteiger partial charge in [-0.2, -0.15) is 0 Å². The van der Waals surface area contributed by atoms with Crippen LogP contribution in [-0.4, -0.2) is 56.9 Å². The van der Waals surface area contributed by atoms with Gasteiger partial charge in [0.2, 0.25) is 0 Å². The van der Waals surface area contributed by atoms with Crippen LogP contribution in [0.1, 0.15) is 80.6 Å². The molecule has 2 aliphatic carbocycles. The van der Waals surface area contributed by atoms with E-state index in [2.05, 4.69) is 19.1 Å². The number of amides is 1. The van der Waals surface area contributed by atoms with E-state index in [-0.39, 0.29) is 22.2 Å². The maximum Gasteiger partial charge on any atom is 0.253 e. The molecule has 2 N–H and O–H groups in total. The van der Waals surface area contributed by atoms with Crippen LogP contribution in [0.5, 0.6) is 0 Å². The Morgan fingerprint density at radius 1 is 1.15 bits per heavy atom. The van der Waals surface area contributed by atoms with Gasteiger partial charge < -0.3 is 10.6 Å². The van der Waals surface area contributed by atoms with E-state index in [0.29, 0.717) is 37.5 Å². The van der Waals surface area contributed by atoms with Crippen molar-refractivity contribution in [2.45, 2.75) is 76.3 Å². The minimum atomic E-state index is -0.629. The van der Waals surface area contributed by atoms with Gasteiger partial charge in [-0.3, -0.25) is 14.6 Å². The van der Waals surface area contributed by atoms with Crippen molar-refractivity contribution < 1.29 is 9.59 Å². The van der Waals surface area contributed by atoms with Crippen molar-refractivity contribution in [2.75, 3.05) is 18.8 Å². The first kappa shape index (κ1) is 22.7. The molecule has 2 aliphatic heterocycles. The molecule has 6 heteroatoms. The Kier molecular flexibility index (Phi) is 6.41. The van der Waals surface area contributed by atoms with E-state index in [4.69, 9.17) is 10.7 Å². The number of hydrogen-bond donors (Lipinski definition) is 1. The number of rotatable bonds is 6. The number of ketones is 1. The summed E-state index contributed by atoms with van der Waals surface area (Å²) in [7, 11) is 0.155. The fraction of sp³-hybridized carbons (Fsp3) is 0.556. The zero-order chi connectivity index (χ0) is 23.0. The Morgan fingerprint density at radius 2 is 1.94 bits per heavy atom. The molecular formula is C27H35N3O2S. The number of hydrogen-bond acceptors (Lipinski definition) is 4. The van der Waals surface area contributed by atoms with Crippen LogP contribution < -0.4 is 5.73 Å². The molecule has 1 amide bonds. The zero-order valence-electron chi connectivity index (χ0n) is 19.6. The Hall–Kier alpha value is -2.05. The largest absolute Gasteiger partial charge is 0.338 e. The number of Topliss-reactive ketones (excluding diaryl/α,β-unsaturated/α-hetero) is 1. The molecule has 5 rings (SSSR count). The molecule has 4 aliphatic rings. The summed E-state index contributed by atoms with van der Waals surface area (Å²) in [4.78, 5) is 34.5. The fourth-order valence-corrected chi connectivity index (χ4v) is 7.94. The van der Waals surface area contributed by atoms with Crippen LogP contribution in [0.3, 0.4) is 0 Å². The van der Waals surface area contributed by atoms with Crippen molar-refractivity contribution in [3.05, 3.63) is 47.0 Å². The Morgan fingerprint density at radius 3 is 2.67 bits per heavy atom. The second-order valence-electron chi connectivity index (χ2n) is 9.88. The van der Waals surface area contributed by atoms with E-state index in [1.54, 1.807) is 4.86 Å². The van der Waals surface area contributed by atoms with Crippen molar-refractivity contribution in [1.29, 1.82) is 0 Å². The predicted octanol–water partition coefficient (Wildman–Crippen LogP) is 4.46. The maximum atomic E-state index is 13.2. The summed E-state index contributed by atoms with van der Waals surface area (Å²) in [6.07, 6.45) is 11.1. The van der Waals surface area contributed by atoms with Gasteiger partial charge in [-0.05, 0) is 79.7 Å². The third-order valence-electron chi connectivity index (χ3n) is 7.39. The van der Waals surface area contributed by atoms with Gasteiger partial charge in [-0.25, -0.2) is 0 Å². The van der Waals surface area contributed by atoms with E-state index in [1.165, 1.54) is 48.5 Å². The molecule has 2 heterocycles. The number of carbonyl (C=O) groups is 2. The second-order valence-corrected chi connectivity index (χ2v) is 12.0. The number of fused-ring (bicyclic) bond motifs is 1. The standard InChI is InChI=1S/C27H35N3O2S/c1-2-18-33-23-8-4-3-7-22(23)29-25(33)20-9-11-21(12-10-20)26(32)30-16-5-6-19(13-17-30)24(31)27(28)14-15-27/h6,9-12,22H,2-5,7-8,13-18,28H2,1H3. The molecule has 2 fully saturated rings. The van der Waals surface area contributed by atoms with Gasteiger partial charge in [0, 0.05) is 24.2 Å². The van der Waals surface area contributed by atoms with E-state index in [1.807, 2.05) is 23.1 Å². The van der Waals surface area contributed by atoms with Crippen molar-refractivity contribution in [3.8, 4) is 0 Å². The minimum absolute atomic E-state index is 0.0431. The van der Waals surface area contributed by atoms with Crippen LogP contribution in [0.2, 0.25) is 0 Å². The molecule has 2 unspecified atom stereocenters. The van der Waals surface area contributed by atoms with Crippen LogP contribution in [-0.2, 0) is 4.79 Å². The SMILES string of the molecule is CCCS1=C2CCCCC2N=C1c1ccc(C(=O)N2CCC=C(C(=O)C3(N)CC3)CC2)cc1. The van der Waals surface area contributed by atoms with Gasteiger partial charge in [0.25, 0.3) is 5.91 Å². The second kappa shape index (κ2) is 9.30. The Bertz CT molecular complexity index is 1050. The van der Waals surface area contributed by atoms with E-state index < -0.39 is 5.54 Å². The van der Waals surface area contributed by atoms with Gasteiger partial charge in [-0.1, -0.05) is 31.6 Å². The molecular weight excluding hydrogens is 430 g/mol. The van der Waals surface area contributed by atoms with Gasteiger partial charge in [0.15, 0.2) is 5.78 Å². The van der Waals surface area contributed by atoms with Crippen molar-refractivity contribution in [3.63, 3.8) is 0 Å². The molecule has 0 radical (unpaired) electrons. The van der Waals surface area contributed by atoms with Gasteiger partial charge >= 0.3 is 0 Å². The highest BCUT2D eigenvalue weighted by atomic mass is 32.2. The summed E-state index contributed by atoms with van der Waals surface area (Å²) in [6, 6.07) is 8.54. The normalized spacial score (nSPS) is 26.2. The average molecular weight is 466 g/mol. The van der Waals surface area contributed by atoms with E-state index in [9.17, 15) is 9.59 Å². The number of nitrogens with zero attached hydrogens (tertiary/aromatic N) is 2. The third kappa shape index (κ3) is 4.52. The summed E-state index contributed by atoms with van der Waals surface area (Å²) in [5, 5.41) is 1.26. The quantitative estimate of drug-likeness (QED) is 0.630. The summed E-state index contributed by atoms with van der Waals surface area (Å²) in [5.41, 5.74) is 8.17. The van der Waals surface area contributed by atoms with Crippen molar-refractivity contribution in [2.24, 2.45) is 10.7 Å². The number of nitrogens with two attached hydrogens (primary N) is 1. The Labute approximate surface area is 199 Å². The smallest absolute Gasteiger partial charge is 0.253 e. The van der Waals surface area contributed by atoms with Crippen LogP contribution in [0.25, 0.3) is 0 Å². The van der Waals surface area contributed by atoms with Crippen LogP contribution >= 0.6 is 10.5 Å². The lowest BCUT2D eigenvalue weighted by Gasteiger charge is -2.21. The molecule has 0 saturated heterocycles. The molecule has 33 heavy (non-hydrogen) atoms.